The quantitative estimate of drug-likeness (QED) is 0.739. The van der Waals surface area contributed by atoms with E-state index in [-0.39, 0.29) is 17.6 Å². The van der Waals surface area contributed by atoms with E-state index in [1.54, 1.807) is 33.5 Å². The summed E-state index contributed by atoms with van der Waals surface area (Å²) >= 11 is 5.97. The zero-order valence-corrected chi connectivity index (χ0v) is 15.8. The number of nitrogens with zero attached hydrogens (tertiary/aromatic N) is 5. The third-order valence-corrected chi connectivity index (χ3v) is 5.06. The molecule has 1 N–H and O–H groups in total. The summed E-state index contributed by atoms with van der Waals surface area (Å²) in [7, 11) is 0. The van der Waals surface area contributed by atoms with E-state index in [2.05, 4.69) is 15.4 Å². The number of nitrogens with one attached hydrogen (secondary N) is 1. The molecule has 4 rings (SSSR count). The van der Waals surface area contributed by atoms with E-state index >= 15 is 0 Å². The Kier molecular flexibility index (Phi) is 4.73. The summed E-state index contributed by atoms with van der Waals surface area (Å²) in [5.41, 5.74) is 0.961. The molecule has 3 aromatic heterocycles. The number of aromatic nitrogens is 5. The van der Waals surface area contributed by atoms with Gasteiger partial charge in [0.25, 0.3) is 5.91 Å². The van der Waals surface area contributed by atoms with Crippen molar-refractivity contribution < 1.29 is 4.79 Å². The van der Waals surface area contributed by atoms with Gasteiger partial charge < -0.3 is 9.72 Å². The normalized spacial score (nSPS) is 16.9. The van der Waals surface area contributed by atoms with Crippen molar-refractivity contribution in [2.24, 2.45) is 0 Å². The molecule has 1 aliphatic rings. The van der Waals surface area contributed by atoms with Crippen molar-refractivity contribution in [1.82, 2.24) is 29.0 Å². The highest BCUT2D eigenvalue weighted by atomic mass is 35.5. The first kappa shape index (κ1) is 17.8. The van der Waals surface area contributed by atoms with Gasteiger partial charge in [-0.1, -0.05) is 18.5 Å². The Hall–Kier alpha value is -2.61. The van der Waals surface area contributed by atoms with E-state index < -0.39 is 0 Å². The maximum atomic E-state index is 12.6. The molecule has 0 radical (unpaired) electrons. The van der Waals surface area contributed by atoms with Crippen LogP contribution in [0.1, 0.15) is 42.5 Å². The molecule has 0 saturated carbocycles. The molecule has 1 amide bonds. The van der Waals surface area contributed by atoms with Gasteiger partial charge in [-0.3, -0.25) is 9.36 Å². The fraction of sp³-hybridized carbons (Fsp3) is 0.444. The van der Waals surface area contributed by atoms with E-state index in [1.165, 1.54) is 4.68 Å². The second-order valence-electron chi connectivity index (χ2n) is 6.81. The van der Waals surface area contributed by atoms with Gasteiger partial charge in [0.1, 0.15) is 17.2 Å². The zero-order valence-electron chi connectivity index (χ0n) is 15.1. The van der Waals surface area contributed by atoms with Crippen molar-refractivity contribution in [3.63, 3.8) is 0 Å². The molecule has 142 valence electrons. The van der Waals surface area contributed by atoms with Crippen LogP contribution >= 0.6 is 11.6 Å². The van der Waals surface area contributed by atoms with Crippen LogP contribution in [-0.2, 0) is 19.5 Å². The third kappa shape index (κ3) is 3.49. The van der Waals surface area contributed by atoms with Crippen molar-refractivity contribution >= 4 is 23.2 Å². The largest absolute Gasteiger partial charge is 0.348 e. The Labute approximate surface area is 160 Å². The van der Waals surface area contributed by atoms with Crippen LogP contribution in [0.25, 0.3) is 5.65 Å². The number of hydrogen-bond donors (Lipinski definition) is 1. The lowest BCUT2D eigenvalue weighted by Gasteiger charge is -2.15. The minimum absolute atomic E-state index is 0.0216. The first-order valence-corrected chi connectivity index (χ1v) is 9.54. The number of fused-ring (bicyclic) bond motifs is 2. The number of rotatable bonds is 4. The van der Waals surface area contributed by atoms with E-state index in [4.69, 9.17) is 11.6 Å². The number of carbonyl (C=O) groups is 1. The highest BCUT2D eigenvalue weighted by Crippen LogP contribution is 2.14. The summed E-state index contributed by atoms with van der Waals surface area (Å²) < 4.78 is 5.00. The number of halogens is 1. The summed E-state index contributed by atoms with van der Waals surface area (Å²) in [6.45, 7) is 3.22. The van der Waals surface area contributed by atoms with Crippen molar-refractivity contribution in [3.05, 3.63) is 51.6 Å². The minimum atomic E-state index is -0.220. The van der Waals surface area contributed by atoms with Gasteiger partial charge in [0.15, 0.2) is 0 Å². The molecule has 9 heteroatoms. The Morgan fingerprint density at radius 1 is 1.33 bits per heavy atom. The lowest BCUT2D eigenvalue weighted by atomic mass is 10.1. The predicted molar refractivity (Wildman–Crippen MR) is 101 cm³/mol. The molecule has 1 unspecified atom stereocenters. The van der Waals surface area contributed by atoms with Crippen LogP contribution in [0, 0.1) is 0 Å². The Morgan fingerprint density at radius 3 is 3.00 bits per heavy atom. The second-order valence-corrected chi connectivity index (χ2v) is 7.25. The predicted octanol–water partition coefficient (Wildman–Crippen LogP) is 1.89. The maximum absolute atomic E-state index is 12.6. The fourth-order valence-corrected chi connectivity index (χ4v) is 3.63. The van der Waals surface area contributed by atoms with Gasteiger partial charge in [-0.2, -0.15) is 5.10 Å². The average molecular weight is 389 g/mol. The highest BCUT2D eigenvalue weighted by Gasteiger charge is 2.23. The first-order chi connectivity index (χ1) is 13.0. The Bertz CT molecular complexity index is 1050. The second kappa shape index (κ2) is 7.19. The van der Waals surface area contributed by atoms with Crippen LogP contribution in [0.5, 0.6) is 0 Å². The standard InChI is InChI=1S/C18H21ClN6O2/c1-2-8-25-18(27)24-9-7-13(4-6-16(24)22-25)20-17(26)14-11-23-10-12(19)3-5-15(23)21-14/h3,5,10-11,13H,2,4,6-9H2,1H3,(H,20,26). The SMILES string of the molecule is CCCn1nc2n(c1=O)CCC(NC(=O)c1cn3cc(Cl)ccc3n1)CC2. The molecule has 27 heavy (non-hydrogen) atoms. The van der Waals surface area contributed by atoms with E-state index in [1.807, 2.05) is 6.92 Å². The van der Waals surface area contributed by atoms with Crippen molar-refractivity contribution in [1.29, 1.82) is 0 Å². The van der Waals surface area contributed by atoms with Crippen molar-refractivity contribution in [3.8, 4) is 0 Å². The molecule has 0 aliphatic carbocycles. The Morgan fingerprint density at radius 2 is 2.19 bits per heavy atom. The minimum Gasteiger partial charge on any atom is -0.348 e. The van der Waals surface area contributed by atoms with Gasteiger partial charge in [0, 0.05) is 37.9 Å². The van der Waals surface area contributed by atoms with Gasteiger partial charge >= 0.3 is 5.69 Å². The fourth-order valence-electron chi connectivity index (χ4n) is 3.46. The van der Waals surface area contributed by atoms with Crippen LogP contribution in [0.4, 0.5) is 0 Å². The smallest absolute Gasteiger partial charge is 0.345 e. The van der Waals surface area contributed by atoms with Crippen LogP contribution < -0.4 is 11.0 Å². The molecular formula is C18H21ClN6O2. The van der Waals surface area contributed by atoms with E-state index in [9.17, 15) is 9.59 Å². The van der Waals surface area contributed by atoms with Crippen LogP contribution in [0.15, 0.2) is 29.3 Å². The van der Waals surface area contributed by atoms with Crippen LogP contribution in [0.3, 0.4) is 0 Å². The molecule has 1 aliphatic heterocycles. The zero-order chi connectivity index (χ0) is 19.0. The highest BCUT2D eigenvalue weighted by molar-refractivity contribution is 6.30. The molecule has 0 aromatic carbocycles. The van der Waals surface area contributed by atoms with Gasteiger partial charge in [-0.25, -0.2) is 14.5 Å². The maximum Gasteiger partial charge on any atom is 0.345 e. The molecule has 3 aromatic rings. The molecule has 0 saturated heterocycles. The van der Waals surface area contributed by atoms with Crippen LogP contribution in [0.2, 0.25) is 5.02 Å². The van der Waals surface area contributed by atoms with Gasteiger partial charge in [-0.05, 0) is 31.4 Å². The molecule has 1 atom stereocenters. The lowest BCUT2D eigenvalue weighted by Crippen LogP contribution is -2.36. The summed E-state index contributed by atoms with van der Waals surface area (Å²) in [4.78, 5) is 29.3. The number of carbonyl (C=O) groups excluding carboxylic acids is 1. The third-order valence-electron chi connectivity index (χ3n) is 4.84. The van der Waals surface area contributed by atoms with Crippen molar-refractivity contribution in [2.45, 2.75) is 51.7 Å². The van der Waals surface area contributed by atoms with Gasteiger partial charge in [0.05, 0.1) is 5.02 Å². The molecular weight excluding hydrogens is 368 g/mol. The number of aryl methyl sites for hydroxylation is 2. The summed E-state index contributed by atoms with van der Waals surface area (Å²) in [6, 6.07) is 3.49. The number of pyridine rings is 1. The summed E-state index contributed by atoms with van der Waals surface area (Å²) in [6.07, 6.45) is 6.36. The summed E-state index contributed by atoms with van der Waals surface area (Å²) in [5, 5.41) is 8.05. The van der Waals surface area contributed by atoms with Gasteiger partial charge in [-0.15, -0.1) is 0 Å². The summed E-state index contributed by atoms with van der Waals surface area (Å²) in [5.74, 6) is 0.579. The molecule has 8 nitrogen and oxygen atoms in total. The van der Waals surface area contributed by atoms with Crippen molar-refractivity contribution in [2.75, 3.05) is 0 Å². The monoisotopic (exact) mass is 388 g/mol. The topological polar surface area (TPSA) is 86.2 Å². The molecule has 0 bridgehead atoms. The van der Waals surface area contributed by atoms with Crippen LogP contribution in [-0.4, -0.2) is 35.7 Å². The average Bonchev–Trinajstić information content (AvgIpc) is 3.12. The Balaban J connectivity index is 1.45. The first-order valence-electron chi connectivity index (χ1n) is 9.17. The molecule has 0 fully saturated rings. The van der Waals surface area contributed by atoms with E-state index in [0.29, 0.717) is 42.3 Å². The molecule has 4 heterocycles. The number of hydrogen-bond acceptors (Lipinski definition) is 4. The molecule has 0 spiro atoms. The van der Waals surface area contributed by atoms with E-state index in [0.717, 1.165) is 18.7 Å². The number of imidazole rings is 1. The lowest BCUT2D eigenvalue weighted by molar-refractivity contribution is 0.0928. The van der Waals surface area contributed by atoms with Gasteiger partial charge in [0.2, 0.25) is 0 Å². The number of amides is 1.